The third-order valence-corrected chi connectivity index (χ3v) is 4.47. The van der Waals surface area contributed by atoms with Crippen molar-refractivity contribution in [3.05, 3.63) is 47.6 Å². The van der Waals surface area contributed by atoms with Crippen molar-refractivity contribution in [2.24, 2.45) is 7.05 Å². The number of hydrogen-bond donors (Lipinski definition) is 1. The summed E-state index contributed by atoms with van der Waals surface area (Å²) in [5.41, 5.74) is 2.24. The van der Waals surface area contributed by atoms with Gasteiger partial charge in [-0.1, -0.05) is 30.3 Å². The van der Waals surface area contributed by atoms with Gasteiger partial charge in [-0.2, -0.15) is 0 Å². The molecule has 108 valence electrons. The zero-order valence-electron chi connectivity index (χ0n) is 12.2. The molecule has 0 bridgehead atoms. The van der Waals surface area contributed by atoms with Crippen molar-refractivity contribution in [1.29, 1.82) is 0 Å². The third kappa shape index (κ3) is 2.89. The van der Waals surface area contributed by atoms with Crippen LogP contribution in [0.25, 0.3) is 22.1 Å². The first-order chi connectivity index (χ1) is 10.3. The van der Waals surface area contributed by atoms with Gasteiger partial charge in [-0.25, -0.2) is 9.97 Å². The van der Waals surface area contributed by atoms with E-state index in [2.05, 4.69) is 34.6 Å². The Morgan fingerprint density at radius 1 is 1.24 bits per heavy atom. The maximum absolute atomic E-state index is 4.84. The SMILES string of the molecule is CNCCc1sc(-c2nccn2C)nc1-c1ccccc1. The molecule has 0 radical (unpaired) electrons. The second-order valence-corrected chi connectivity index (χ2v) is 5.96. The maximum atomic E-state index is 4.84. The molecule has 3 rings (SSSR count). The lowest BCUT2D eigenvalue weighted by atomic mass is 10.1. The molecule has 0 spiro atoms. The lowest BCUT2D eigenvalue weighted by molar-refractivity contribution is 0.799. The first-order valence-corrected chi connectivity index (χ1v) is 7.78. The van der Waals surface area contributed by atoms with E-state index in [1.165, 1.54) is 10.4 Å². The molecule has 1 N–H and O–H groups in total. The van der Waals surface area contributed by atoms with Crippen LogP contribution in [-0.4, -0.2) is 28.1 Å². The third-order valence-electron chi connectivity index (χ3n) is 3.36. The van der Waals surface area contributed by atoms with E-state index in [1.807, 2.05) is 37.1 Å². The van der Waals surface area contributed by atoms with Crippen LogP contribution in [0.4, 0.5) is 0 Å². The molecule has 2 heterocycles. The molecule has 4 nitrogen and oxygen atoms in total. The smallest absolute Gasteiger partial charge is 0.168 e. The minimum Gasteiger partial charge on any atom is -0.332 e. The Bertz CT molecular complexity index is 715. The first-order valence-electron chi connectivity index (χ1n) is 6.97. The van der Waals surface area contributed by atoms with E-state index in [1.54, 1.807) is 11.3 Å². The Morgan fingerprint density at radius 3 is 2.71 bits per heavy atom. The van der Waals surface area contributed by atoms with Crippen molar-refractivity contribution in [2.45, 2.75) is 6.42 Å². The van der Waals surface area contributed by atoms with Crippen molar-refractivity contribution in [2.75, 3.05) is 13.6 Å². The number of nitrogens with zero attached hydrogens (tertiary/aromatic N) is 3. The number of benzene rings is 1. The van der Waals surface area contributed by atoms with Crippen LogP contribution in [0.2, 0.25) is 0 Å². The van der Waals surface area contributed by atoms with E-state index < -0.39 is 0 Å². The van der Waals surface area contributed by atoms with E-state index in [-0.39, 0.29) is 0 Å². The number of likely N-dealkylation sites (N-methyl/N-ethyl adjacent to an activating group) is 1. The Labute approximate surface area is 128 Å². The lowest BCUT2D eigenvalue weighted by Gasteiger charge is -2.01. The number of aryl methyl sites for hydroxylation is 1. The fourth-order valence-electron chi connectivity index (χ4n) is 2.25. The molecule has 2 aromatic heterocycles. The summed E-state index contributed by atoms with van der Waals surface area (Å²) in [5, 5.41) is 4.19. The van der Waals surface area contributed by atoms with Crippen molar-refractivity contribution >= 4 is 11.3 Å². The zero-order valence-corrected chi connectivity index (χ0v) is 13.0. The summed E-state index contributed by atoms with van der Waals surface area (Å²) in [6.07, 6.45) is 4.74. The van der Waals surface area contributed by atoms with E-state index in [9.17, 15) is 0 Å². The fraction of sp³-hybridized carbons (Fsp3) is 0.250. The Kier molecular flexibility index (Phi) is 4.13. The van der Waals surface area contributed by atoms with Crippen LogP contribution in [0.5, 0.6) is 0 Å². The summed E-state index contributed by atoms with van der Waals surface area (Å²) < 4.78 is 2.01. The molecule has 0 amide bonds. The molecule has 0 saturated heterocycles. The largest absolute Gasteiger partial charge is 0.332 e. The monoisotopic (exact) mass is 298 g/mol. The van der Waals surface area contributed by atoms with Gasteiger partial charge in [0, 0.05) is 29.9 Å². The van der Waals surface area contributed by atoms with Gasteiger partial charge in [-0.05, 0) is 20.0 Å². The van der Waals surface area contributed by atoms with E-state index in [4.69, 9.17) is 4.98 Å². The summed E-state index contributed by atoms with van der Waals surface area (Å²) >= 11 is 1.73. The second kappa shape index (κ2) is 6.20. The van der Waals surface area contributed by atoms with Crippen LogP contribution in [0.15, 0.2) is 42.7 Å². The van der Waals surface area contributed by atoms with Gasteiger partial charge in [0.15, 0.2) is 10.8 Å². The van der Waals surface area contributed by atoms with Crippen molar-refractivity contribution < 1.29 is 0 Å². The molecule has 0 aliphatic carbocycles. The molecule has 21 heavy (non-hydrogen) atoms. The number of rotatable bonds is 5. The zero-order chi connectivity index (χ0) is 14.7. The molecular weight excluding hydrogens is 280 g/mol. The lowest BCUT2D eigenvalue weighted by Crippen LogP contribution is -2.09. The standard InChI is InChI=1S/C16H18N4S/c1-17-9-8-13-14(12-6-4-3-5-7-12)19-16(21-13)15-18-10-11-20(15)2/h3-7,10-11,17H,8-9H2,1-2H3. The molecule has 0 atom stereocenters. The minimum atomic E-state index is 0.924. The van der Waals surface area contributed by atoms with Gasteiger partial charge in [0.05, 0.1) is 5.69 Å². The Morgan fingerprint density at radius 2 is 2.05 bits per heavy atom. The molecule has 0 saturated carbocycles. The molecule has 0 unspecified atom stereocenters. The quantitative estimate of drug-likeness (QED) is 0.787. The van der Waals surface area contributed by atoms with Gasteiger partial charge in [-0.3, -0.25) is 0 Å². The van der Waals surface area contributed by atoms with Gasteiger partial charge < -0.3 is 9.88 Å². The molecule has 3 aromatic rings. The molecular formula is C16H18N4S. The van der Waals surface area contributed by atoms with Crippen LogP contribution in [0.1, 0.15) is 4.88 Å². The Balaban J connectivity index is 2.05. The van der Waals surface area contributed by atoms with Crippen LogP contribution in [0, 0.1) is 0 Å². The number of imidazole rings is 1. The highest BCUT2D eigenvalue weighted by molar-refractivity contribution is 7.15. The van der Waals surface area contributed by atoms with Crippen LogP contribution in [-0.2, 0) is 13.5 Å². The minimum absolute atomic E-state index is 0.924. The highest BCUT2D eigenvalue weighted by Crippen LogP contribution is 2.33. The van der Waals surface area contributed by atoms with Crippen LogP contribution < -0.4 is 5.32 Å². The van der Waals surface area contributed by atoms with Gasteiger partial charge in [0.25, 0.3) is 0 Å². The van der Waals surface area contributed by atoms with Gasteiger partial charge in [0.1, 0.15) is 0 Å². The van der Waals surface area contributed by atoms with Gasteiger partial charge in [-0.15, -0.1) is 11.3 Å². The highest BCUT2D eigenvalue weighted by atomic mass is 32.1. The molecule has 1 aromatic carbocycles. The molecule has 0 aliphatic rings. The predicted molar refractivity (Wildman–Crippen MR) is 87.4 cm³/mol. The second-order valence-electron chi connectivity index (χ2n) is 4.87. The van der Waals surface area contributed by atoms with E-state index in [0.717, 1.165) is 29.5 Å². The summed E-state index contributed by atoms with van der Waals surface area (Å²) in [5.74, 6) is 0.924. The van der Waals surface area contributed by atoms with E-state index >= 15 is 0 Å². The van der Waals surface area contributed by atoms with Crippen molar-refractivity contribution in [3.63, 3.8) is 0 Å². The van der Waals surface area contributed by atoms with Crippen molar-refractivity contribution in [3.8, 4) is 22.1 Å². The average molecular weight is 298 g/mol. The summed E-state index contributed by atoms with van der Waals surface area (Å²) in [4.78, 5) is 10.6. The molecule has 5 heteroatoms. The Hall–Kier alpha value is -1.98. The normalized spacial score (nSPS) is 11.0. The summed E-state index contributed by atoms with van der Waals surface area (Å²) in [7, 11) is 3.97. The number of nitrogens with one attached hydrogen (secondary N) is 1. The predicted octanol–water partition coefficient (Wildman–Crippen LogP) is 2.97. The number of hydrogen-bond acceptors (Lipinski definition) is 4. The van der Waals surface area contributed by atoms with Gasteiger partial charge >= 0.3 is 0 Å². The molecule has 0 fully saturated rings. The average Bonchev–Trinajstić information content (AvgIpc) is 3.12. The summed E-state index contributed by atoms with van der Waals surface area (Å²) in [6.45, 7) is 0.946. The van der Waals surface area contributed by atoms with Crippen molar-refractivity contribution in [1.82, 2.24) is 19.9 Å². The fourth-order valence-corrected chi connectivity index (χ4v) is 3.37. The van der Waals surface area contributed by atoms with Crippen LogP contribution in [0.3, 0.4) is 0 Å². The number of thiazole rings is 1. The maximum Gasteiger partial charge on any atom is 0.168 e. The summed E-state index contributed by atoms with van der Waals surface area (Å²) in [6, 6.07) is 10.4. The van der Waals surface area contributed by atoms with Crippen LogP contribution >= 0.6 is 11.3 Å². The van der Waals surface area contributed by atoms with E-state index in [0.29, 0.717) is 0 Å². The van der Waals surface area contributed by atoms with Gasteiger partial charge in [0.2, 0.25) is 0 Å². The molecule has 0 aliphatic heterocycles. The topological polar surface area (TPSA) is 42.7 Å². The highest BCUT2D eigenvalue weighted by Gasteiger charge is 2.16. The first kappa shape index (κ1) is 14.0. The number of aromatic nitrogens is 3.